The Morgan fingerprint density at radius 3 is 0.574 bits per heavy atom. The molecule has 0 fully saturated rings. The molecule has 15 nitrogen and oxygen atoms in total. The predicted octanol–water partition coefficient (Wildman–Crippen LogP) is 4.63. The van der Waals surface area contributed by atoms with Crippen molar-refractivity contribution in [2.45, 2.75) is 193 Å². The second kappa shape index (κ2) is 60.3. The van der Waals surface area contributed by atoms with Crippen LogP contribution in [0.4, 0.5) is 0 Å². The van der Waals surface area contributed by atoms with Crippen LogP contribution in [0.1, 0.15) is 175 Å². The van der Waals surface area contributed by atoms with Crippen LogP contribution in [0.25, 0.3) is 0 Å². The van der Waals surface area contributed by atoms with Crippen molar-refractivity contribution >= 4 is 17.9 Å². The van der Waals surface area contributed by atoms with Crippen molar-refractivity contribution in [2.75, 3.05) is 39.6 Å². The van der Waals surface area contributed by atoms with Gasteiger partial charge in [-0.1, -0.05) is 136 Å². The fraction of sp³-hybridized carbons (Fsp3) is 0.923. The maximum atomic E-state index is 10.1. The van der Waals surface area contributed by atoms with E-state index in [1.165, 1.54) is 96.3 Å². The van der Waals surface area contributed by atoms with E-state index in [2.05, 4.69) is 20.8 Å². The Morgan fingerprint density at radius 2 is 0.463 bits per heavy atom. The van der Waals surface area contributed by atoms with Gasteiger partial charge in [-0.15, -0.1) is 0 Å². The summed E-state index contributed by atoms with van der Waals surface area (Å²) in [6.07, 6.45) is 23.1. The molecule has 330 valence electrons. The SMILES string of the molecule is CCCCCCCCCC(=O)O.CCCCCCCCCC(=O)O.CCCCCCCCCC(=O)O.OCC(O)CO.OCC(O)CO.OCC(O)CO. The summed E-state index contributed by atoms with van der Waals surface area (Å²) in [5.41, 5.74) is 0. The number of carboxylic acids is 3. The van der Waals surface area contributed by atoms with Crippen molar-refractivity contribution in [3.05, 3.63) is 0 Å². The van der Waals surface area contributed by atoms with Gasteiger partial charge in [-0.2, -0.15) is 0 Å². The number of hydrogen-bond donors (Lipinski definition) is 12. The molecule has 0 aromatic heterocycles. The molecule has 0 radical (unpaired) electrons. The lowest BCUT2D eigenvalue weighted by molar-refractivity contribution is -0.138. The molecule has 0 amide bonds. The lowest BCUT2D eigenvalue weighted by Crippen LogP contribution is -2.15. The van der Waals surface area contributed by atoms with E-state index in [0.29, 0.717) is 19.3 Å². The van der Waals surface area contributed by atoms with Gasteiger partial charge in [0.15, 0.2) is 0 Å². The minimum atomic E-state index is -0.954. The molecule has 0 bridgehead atoms. The van der Waals surface area contributed by atoms with E-state index in [-0.39, 0.29) is 39.6 Å². The van der Waals surface area contributed by atoms with Crippen molar-refractivity contribution in [1.29, 1.82) is 0 Å². The third kappa shape index (κ3) is 87.7. The molecule has 0 aromatic carbocycles. The van der Waals surface area contributed by atoms with Gasteiger partial charge in [0.25, 0.3) is 0 Å². The Labute approximate surface area is 326 Å². The maximum Gasteiger partial charge on any atom is 0.303 e. The van der Waals surface area contributed by atoms with Crippen LogP contribution >= 0.6 is 0 Å². The van der Waals surface area contributed by atoms with Crippen LogP contribution in [-0.2, 0) is 14.4 Å². The Hall–Kier alpha value is -1.95. The average Bonchev–Trinajstić information content (AvgIpc) is 3.16. The highest BCUT2D eigenvalue weighted by Crippen LogP contribution is 2.09. The summed E-state index contributed by atoms with van der Waals surface area (Å²) in [7, 11) is 0. The molecule has 0 unspecified atom stereocenters. The topological polar surface area (TPSA) is 294 Å². The summed E-state index contributed by atoms with van der Waals surface area (Å²) >= 11 is 0. The molecule has 0 spiro atoms. The molecule has 0 atom stereocenters. The lowest BCUT2D eigenvalue weighted by atomic mass is 10.1. The number of carbonyl (C=O) groups is 3. The maximum absolute atomic E-state index is 10.1. The molecule has 0 saturated carbocycles. The Morgan fingerprint density at radius 1 is 0.315 bits per heavy atom. The van der Waals surface area contributed by atoms with Crippen LogP contribution in [0.15, 0.2) is 0 Å². The first kappa shape index (κ1) is 64.0. The number of aliphatic carboxylic acids is 3. The summed E-state index contributed by atoms with van der Waals surface area (Å²) < 4.78 is 0. The molecule has 0 aliphatic heterocycles. The zero-order chi connectivity index (χ0) is 42.7. The van der Waals surface area contributed by atoms with Gasteiger partial charge in [0.05, 0.1) is 39.6 Å². The van der Waals surface area contributed by atoms with Crippen LogP contribution in [0.5, 0.6) is 0 Å². The van der Waals surface area contributed by atoms with Gasteiger partial charge in [-0.25, -0.2) is 0 Å². The minimum Gasteiger partial charge on any atom is -0.481 e. The van der Waals surface area contributed by atoms with Gasteiger partial charge < -0.3 is 61.3 Å². The smallest absolute Gasteiger partial charge is 0.303 e. The molecule has 0 rings (SSSR count). The van der Waals surface area contributed by atoms with E-state index < -0.39 is 36.2 Å². The van der Waals surface area contributed by atoms with Gasteiger partial charge in [0, 0.05) is 19.3 Å². The third-order valence-corrected chi connectivity index (χ3v) is 7.25. The van der Waals surface area contributed by atoms with E-state index >= 15 is 0 Å². The highest BCUT2D eigenvalue weighted by atomic mass is 16.4. The standard InChI is InChI=1S/3C10H20O2.3C3H8O3/c3*1-2-3-4-5-6-7-8-9-10(11)12;3*4-1-3(6)2-5/h3*2-9H2,1H3,(H,11,12);3*3-6H,1-2H2. The number of hydrogen-bond acceptors (Lipinski definition) is 12. The molecule has 15 heteroatoms. The minimum absolute atomic E-state index is 0.341. The first-order valence-corrected chi connectivity index (χ1v) is 20.1. The Balaban J connectivity index is -0.000000132. The van der Waals surface area contributed by atoms with Crippen molar-refractivity contribution in [2.24, 2.45) is 0 Å². The zero-order valence-electron chi connectivity index (χ0n) is 34.0. The average molecular weight is 793 g/mol. The fourth-order valence-corrected chi connectivity index (χ4v) is 3.87. The summed E-state index contributed by atoms with van der Waals surface area (Å²) in [4.78, 5) is 30.4. The number of aliphatic hydroxyl groups excluding tert-OH is 9. The zero-order valence-corrected chi connectivity index (χ0v) is 34.0. The van der Waals surface area contributed by atoms with E-state index in [0.717, 1.165) is 38.5 Å². The molecule has 54 heavy (non-hydrogen) atoms. The number of rotatable bonds is 30. The first-order chi connectivity index (χ1) is 25.7. The van der Waals surface area contributed by atoms with Crippen LogP contribution in [-0.4, -0.2) is 137 Å². The van der Waals surface area contributed by atoms with Gasteiger partial charge in [0.2, 0.25) is 0 Å². The Bertz CT molecular complexity index is 597. The first-order valence-electron chi connectivity index (χ1n) is 20.1. The number of carboxylic acid groups (broad SMARTS) is 3. The summed E-state index contributed by atoms with van der Waals surface area (Å²) in [6, 6.07) is 0. The van der Waals surface area contributed by atoms with Crippen molar-refractivity contribution < 1.29 is 75.7 Å². The highest BCUT2D eigenvalue weighted by Gasteiger charge is 1.98. The molecular formula is C39H84O15. The molecule has 0 aromatic rings. The molecule has 0 aliphatic carbocycles. The summed E-state index contributed by atoms with van der Waals surface area (Å²) in [5, 5.41) is 97.1. The van der Waals surface area contributed by atoms with Gasteiger partial charge in [-0.3, -0.25) is 14.4 Å². The summed E-state index contributed by atoms with van der Waals surface area (Å²) in [5.74, 6) is -1.99. The largest absolute Gasteiger partial charge is 0.481 e. The Kier molecular flexibility index (Phi) is 71.4. The highest BCUT2D eigenvalue weighted by molar-refractivity contribution is 5.67. The number of aliphatic hydroxyl groups is 9. The van der Waals surface area contributed by atoms with Crippen LogP contribution < -0.4 is 0 Å². The van der Waals surface area contributed by atoms with E-state index in [1.807, 2.05) is 0 Å². The van der Waals surface area contributed by atoms with Crippen LogP contribution in [0.2, 0.25) is 0 Å². The summed E-state index contributed by atoms with van der Waals surface area (Å²) in [6.45, 7) is 4.41. The van der Waals surface area contributed by atoms with E-state index in [4.69, 9.17) is 61.3 Å². The normalized spacial score (nSPS) is 10.1. The molecule has 12 N–H and O–H groups in total. The van der Waals surface area contributed by atoms with Gasteiger partial charge in [0.1, 0.15) is 18.3 Å². The second-order valence-electron chi connectivity index (χ2n) is 12.9. The van der Waals surface area contributed by atoms with E-state index in [9.17, 15) is 14.4 Å². The fourth-order valence-electron chi connectivity index (χ4n) is 3.87. The monoisotopic (exact) mass is 793 g/mol. The molecule has 0 saturated heterocycles. The van der Waals surface area contributed by atoms with E-state index in [1.54, 1.807) is 0 Å². The molecular weight excluding hydrogens is 708 g/mol. The van der Waals surface area contributed by atoms with Crippen LogP contribution in [0.3, 0.4) is 0 Å². The third-order valence-electron chi connectivity index (χ3n) is 7.25. The second-order valence-corrected chi connectivity index (χ2v) is 12.9. The lowest BCUT2D eigenvalue weighted by Gasteiger charge is -1.98. The van der Waals surface area contributed by atoms with Crippen LogP contribution in [0, 0.1) is 0 Å². The van der Waals surface area contributed by atoms with Gasteiger partial charge >= 0.3 is 17.9 Å². The van der Waals surface area contributed by atoms with Crippen molar-refractivity contribution in [3.63, 3.8) is 0 Å². The molecule has 0 heterocycles. The van der Waals surface area contributed by atoms with Gasteiger partial charge in [-0.05, 0) is 19.3 Å². The number of unbranched alkanes of at least 4 members (excludes halogenated alkanes) is 18. The molecule has 0 aliphatic rings. The van der Waals surface area contributed by atoms with Crippen molar-refractivity contribution in [3.8, 4) is 0 Å². The van der Waals surface area contributed by atoms with Crippen molar-refractivity contribution in [1.82, 2.24) is 0 Å². The predicted molar refractivity (Wildman–Crippen MR) is 211 cm³/mol. The quantitative estimate of drug-likeness (QED) is 0.0442.